The minimum Gasteiger partial charge on any atom is -0.392 e. The van der Waals surface area contributed by atoms with Crippen molar-refractivity contribution in [2.24, 2.45) is 17.1 Å². The van der Waals surface area contributed by atoms with Gasteiger partial charge in [-0.05, 0) is 29.4 Å². The van der Waals surface area contributed by atoms with Crippen LogP contribution in [0.15, 0.2) is 24.3 Å². The predicted molar refractivity (Wildman–Crippen MR) is 71.1 cm³/mol. The monoisotopic (exact) mass is 287 g/mol. The summed E-state index contributed by atoms with van der Waals surface area (Å²) in [4.78, 5) is 0. The molecular formula is C15H20F3NO. The Balaban J connectivity index is 2.24. The van der Waals surface area contributed by atoms with Crippen molar-refractivity contribution in [2.75, 3.05) is 6.54 Å². The Labute approximate surface area is 116 Å². The Morgan fingerprint density at radius 1 is 1.40 bits per heavy atom. The van der Waals surface area contributed by atoms with Crippen LogP contribution in [0.1, 0.15) is 37.3 Å². The van der Waals surface area contributed by atoms with Gasteiger partial charge in [-0.2, -0.15) is 13.2 Å². The van der Waals surface area contributed by atoms with Gasteiger partial charge in [-0.25, -0.2) is 0 Å². The van der Waals surface area contributed by atoms with Gasteiger partial charge in [-0.3, -0.25) is 0 Å². The van der Waals surface area contributed by atoms with Crippen LogP contribution in [0.3, 0.4) is 0 Å². The van der Waals surface area contributed by atoms with E-state index in [2.05, 4.69) is 0 Å². The Hall–Kier alpha value is -1.07. The van der Waals surface area contributed by atoms with Crippen LogP contribution in [0.4, 0.5) is 13.2 Å². The lowest BCUT2D eigenvalue weighted by molar-refractivity contribution is -0.137. The summed E-state index contributed by atoms with van der Waals surface area (Å²) in [5.41, 5.74) is 5.49. The third-order valence-corrected chi connectivity index (χ3v) is 4.31. The topological polar surface area (TPSA) is 46.2 Å². The molecule has 2 nitrogen and oxygen atoms in total. The summed E-state index contributed by atoms with van der Waals surface area (Å²) in [6.45, 7) is 4.22. The van der Waals surface area contributed by atoms with Crippen molar-refractivity contribution < 1.29 is 18.3 Å². The molecule has 2 rings (SSSR count). The number of rotatable bonds is 4. The van der Waals surface area contributed by atoms with Crippen LogP contribution in [0.25, 0.3) is 0 Å². The van der Waals surface area contributed by atoms with Gasteiger partial charge in [-0.1, -0.05) is 32.0 Å². The fourth-order valence-electron chi connectivity index (χ4n) is 2.79. The SMILES string of the molecule is CC1(C)CC1C(O)C(CN)c1cccc(C(F)(F)F)c1. The third-order valence-electron chi connectivity index (χ3n) is 4.31. The van der Waals surface area contributed by atoms with Crippen LogP contribution >= 0.6 is 0 Å². The highest BCUT2D eigenvalue weighted by molar-refractivity contribution is 5.30. The average Bonchev–Trinajstić information content (AvgIpc) is 2.99. The zero-order valence-corrected chi connectivity index (χ0v) is 11.6. The van der Waals surface area contributed by atoms with E-state index in [1.165, 1.54) is 6.07 Å². The number of aliphatic hydroxyl groups is 1. The molecule has 0 radical (unpaired) electrons. The highest BCUT2D eigenvalue weighted by Crippen LogP contribution is 2.55. The van der Waals surface area contributed by atoms with Gasteiger partial charge >= 0.3 is 6.18 Å². The summed E-state index contributed by atoms with van der Waals surface area (Å²) in [7, 11) is 0. The van der Waals surface area contributed by atoms with Gasteiger partial charge in [0, 0.05) is 12.5 Å². The molecule has 0 spiro atoms. The number of benzene rings is 1. The number of halogens is 3. The molecule has 1 aliphatic carbocycles. The maximum Gasteiger partial charge on any atom is 0.416 e. The minimum atomic E-state index is -4.38. The number of hydrogen-bond acceptors (Lipinski definition) is 2. The lowest BCUT2D eigenvalue weighted by Crippen LogP contribution is -2.29. The minimum absolute atomic E-state index is 0.0501. The number of nitrogens with two attached hydrogens (primary N) is 1. The van der Waals surface area contributed by atoms with E-state index in [9.17, 15) is 18.3 Å². The first-order chi connectivity index (χ1) is 9.16. The lowest BCUT2D eigenvalue weighted by atomic mass is 9.87. The molecule has 1 aromatic rings. The van der Waals surface area contributed by atoms with Crippen molar-refractivity contribution in [1.29, 1.82) is 0 Å². The van der Waals surface area contributed by atoms with Crippen LogP contribution in [0.5, 0.6) is 0 Å². The first kappa shape index (κ1) is 15.3. The van der Waals surface area contributed by atoms with E-state index >= 15 is 0 Å². The van der Waals surface area contributed by atoms with Crippen molar-refractivity contribution >= 4 is 0 Å². The zero-order valence-electron chi connectivity index (χ0n) is 11.6. The van der Waals surface area contributed by atoms with Gasteiger partial charge in [0.05, 0.1) is 11.7 Å². The first-order valence-corrected chi connectivity index (χ1v) is 6.72. The van der Waals surface area contributed by atoms with Crippen LogP contribution in [0.2, 0.25) is 0 Å². The van der Waals surface area contributed by atoms with Crippen LogP contribution in [-0.4, -0.2) is 17.8 Å². The van der Waals surface area contributed by atoms with Crippen molar-refractivity contribution in [3.05, 3.63) is 35.4 Å². The van der Waals surface area contributed by atoms with Gasteiger partial charge in [0.25, 0.3) is 0 Å². The molecule has 112 valence electrons. The van der Waals surface area contributed by atoms with Crippen molar-refractivity contribution in [2.45, 2.75) is 38.5 Å². The van der Waals surface area contributed by atoms with E-state index < -0.39 is 23.8 Å². The molecule has 1 fully saturated rings. The van der Waals surface area contributed by atoms with E-state index in [0.29, 0.717) is 5.56 Å². The van der Waals surface area contributed by atoms with Gasteiger partial charge in [0.2, 0.25) is 0 Å². The summed E-state index contributed by atoms with van der Waals surface area (Å²) in [5, 5.41) is 10.4. The molecule has 0 amide bonds. The Morgan fingerprint density at radius 3 is 2.45 bits per heavy atom. The Kier molecular flexibility index (Phi) is 3.86. The van der Waals surface area contributed by atoms with Gasteiger partial charge in [0.15, 0.2) is 0 Å². The number of alkyl halides is 3. The highest BCUT2D eigenvalue weighted by Gasteiger charge is 2.51. The molecule has 1 saturated carbocycles. The molecule has 1 aliphatic rings. The zero-order chi connectivity index (χ0) is 15.1. The third kappa shape index (κ3) is 2.99. The first-order valence-electron chi connectivity index (χ1n) is 6.72. The Morgan fingerprint density at radius 2 is 2.00 bits per heavy atom. The van der Waals surface area contributed by atoms with Gasteiger partial charge in [0.1, 0.15) is 0 Å². The summed E-state index contributed by atoms with van der Waals surface area (Å²) < 4.78 is 38.2. The molecule has 0 saturated heterocycles. The fourth-order valence-corrected chi connectivity index (χ4v) is 2.79. The summed E-state index contributed by atoms with van der Waals surface area (Å²) in [6.07, 6.45) is -4.19. The van der Waals surface area contributed by atoms with Crippen molar-refractivity contribution in [1.82, 2.24) is 0 Å². The van der Waals surface area contributed by atoms with Gasteiger partial charge in [-0.15, -0.1) is 0 Å². The van der Waals surface area contributed by atoms with E-state index in [4.69, 9.17) is 5.73 Å². The van der Waals surface area contributed by atoms with E-state index in [0.717, 1.165) is 18.6 Å². The highest BCUT2D eigenvalue weighted by atomic mass is 19.4. The molecule has 1 aromatic carbocycles. The molecule has 20 heavy (non-hydrogen) atoms. The Bertz CT molecular complexity index is 484. The number of aliphatic hydroxyl groups excluding tert-OH is 1. The van der Waals surface area contributed by atoms with E-state index in [1.54, 1.807) is 6.07 Å². The maximum absolute atomic E-state index is 12.7. The van der Waals surface area contributed by atoms with Crippen LogP contribution in [-0.2, 0) is 6.18 Å². The second kappa shape index (κ2) is 5.04. The quantitative estimate of drug-likeness (QED) is 0.893. The molecule has 3 N–H and O–H groups in total. The largest absolute Gasteiger partial charge is 0.416 e. The normalized spacial score (nSPS) is 24.2. The molecule has 0 bridgehead atoms. The van der Waals surface area contributed by atoms with Gasteiger partial charge < -0.3 is 10.8 Å². The molecule has 3 atom stereocenters. The lowest BCUT2D eigenvalue weighted by Gasteiger charge is -2.24. The smallest absolute Gasteiger partial charge is 0.392 e. The van der Waals surface area contributed by atoms with E-state index in [-0.39, 0.29) is 17.9 Å². The van der Waals surface area contributed by atoms with Crippen LogP contribution < -0.4 is 5.73 Å². The summed E-state index contributed by atoms with van der Waals surface area (Å²) in [5.74, 6) is -0.352. The molecule has 0 aliphatic heterocycles. The second-order valence-electron chi connectivity index (χ2n) is 6.26. The molecule has 5 heteroatoms. The molecular weight excluding hydrogens is 267 g/mol. The molecule has 0 aromatic heterocycles. The van der Waals surface area contributed by atoms with Crippen LogP contribution in [0, 0.1) is 11.3 Å². The molecule has 3 unspecified atom stereocenters. The average molecular weight is 287 g/mol. The fraction of sp³-hybridized carbons (Fsp3) is 0.600. The van der Waals surface area contributed by atoms with Crippen molar-refractivity contribution in [3.8, 4) is 0 Å². The van der Waals surface area contributed by atoms with Crippen molar-refractivity contribution in [3.63, 3.8) is 0 Å². The maximum atomic E-state index is 12.7. The second-order valence-corrected chi connectivity index (χ2v) is 6.26. The number of hydrogen-bond donors (Lipinski definition) is 2. The summed E-state index contributed by atoms with van der Waals surface area (Å²) in [6, 6.07) is 5.09. The summed E-state index contributed by atoms with van der Waals surface area (Å²) >= 11 is 0. The van der Waals surface area contributed by atoms with E-state index in [1.807, 2.05) is 13.8 Å². The molecule has 0 heterocycles. The standard InChI is InChI=1S/C15H20F3NO/c1-14(2)7-12(14)13(20)11(8-19)9-4-3-5-10(6-9)15(16,17)18/h3-6,11-13,20H,7-8,19H2,1-2H3. The predicted octanol–water partition coefficient (Wildman–Crippen LogP) is 3.15.